The number of anilines is 1. The summed E-state index contributed by atoms with van der Waals surface area (Å²) in [5.74, 6) is 1.31. The van der Waals surface area contributed by atoms with E-state index >= 15 is 0 Å². The van der Waals surface area contributed by atoms with Crippen molar-refractivity contribution in [2.24, 2.45) is 0 Å². The molecule has 2 aromatic heterocycles. The minimum atomic E-state index is -0.201. The lowest BCUT2D eigenvalue weighted by Crippen LogP contribution is -2.07. The first-order valence-electron chi connectivity index (χ1n) is 9.05. The van der Waals surface area contributed by atoms with Crippen LogP contribution in [0.1, 0.15) is 11.4 Å². The fourth-order valence-corrected chi connectivity index (χ4v) is 2.85. The normalized spacial score (nSPS) is 11.1. The van der Waals surface area contributed by atoms with Gasteiger partial charge in [0.1, 0.15) is 5.75 Å². The van der Waals surface area contributed by atoms with Gasteiger partial charge < -0.3 is 10.1 Å². The molecule has 1 amide bonds. The van der Waals surface area contributed by atoms with Crippen LogP contribution in [0.3, 0.4) is 0 Å². The van der Waals surface area contributed by atoms with Crippen LogP contribution >= 0.6 is 0 Å². The number of carbonyl (C=O) groups is 1. The number of rotatable bonds is 5. The number of fused-ring (bicyclic) bond motifs is 1. The monoisotopic (exact) mass is 385 g/mol. The third-order valence-electron chi connectivity index (χ3n) is 4.41. The molecule has 4 aromatic rings. The Kier molecular flexibility index (Phi) is 5.03. The summed E-state index contributed by atoms with van der Waals surface area (Å²) >= 11 is 0. The summed E-state index contributed by atoms with van der Waals surface area (Å²) in [5.41, 5.74) is 4.07. The molecule has 0 bridgehead atoms. The molecule has 0 aliphatic rings. The van der Waals surface area contributed by atoms with E-state index < -0.39 is 0 Å². The molecule has 1 N–H and O–H groups in total. The van der Waals surface area contributed by atoms with Gasteiger partial charge in [0, 0.05) is 17.3 Å². The summed E-state index contributed by atoms with van der Waals surface area (Å²) < 4.78 is 6.83. The van der Waals surface area contributed by atoms with Crippen LogP contribution in [0, 0.1) is 6.92 Å². The number of methoxy groups -OCH3 is 1. The standard InChI is InChI=1S/C22H19N5O2/c1-15-24-25-21-13-12-20(26-27(15)21)17-6-8-18(9-7-17)23-22(28)14-5-16-3-10-19(29-2)11-4-16/h3-14H,1-2H3,(H,23,28)/b14-5+. The predicted molar refractivity (Wildman–Crippen MR) is 112 cm³/mol. The highest BCUT2D eigenvalue weighted by Gasteiger charge is 2.06. The number of aryl methyl sites for hydroxylation is 1. The molecular weight excluding hydrogens is 366 g/mol. The average molecular weight is 385 g/mol. The molecule has 7 heteroatoms. The fraction of sp³-hybridized carbons (Fsp3) is 0.0909. The maximum absolute atomic E-state index is 12.2. The van der Waals surface area contributed by atoms with Crippen molar-refractivity contribution in [2.45, 2.75) is 6.92 Å². The van der Waals surface area contributed by atoms with Gasteiger partial charge in [-0.15, -0.1) is 10.2 Å². The first kappa shape index (κ1) is 18.4. The van der Waals surface area contributed by atoms with Crippen LogP contribution in [-0.4, -0.2) is 32.8 Å². The Hall–Kier alpha value is -4.00. The molecule has 0 spiro atoms. The fourth-order valence-electron chi connectivity index (χ4n) is 2.85. The highest BCUT2D eigenvalue weighted by molar-refractivity contribution is 6.02. The lowest BCUT2D eigenvalue weighted by molar-refractivity contribution is -0.111. The molecule has 0 aliphatic carbocycles. The second kappa shape index (κ2) is 7.93. The lowest BCUT2D eigenvalue weighted by atomic mass is 10.1. The van der Waals surface area contributed by atoms with Crippen molar-refractivity contribution in [2.75, 3.05) is 12.4 Å². The van der Waals surface area contributed by atoms with Crippen LogP contribution in [0.5, 0.6) is 5.75 Å². The highest BCUT2D eigenvalue weighted by Crippen LogP contribution is 2.20. The minimum Gasteiger partial charge on any atom is -0.497 e. The van der Waals surface area contributed by atoms with Crippen LogP contribution in [0.15, 0.2) is 66.7 Å². The van der Waals surface area contributed by atoms with Crippen molar-refractivity contribution in [1.29, 1.82) is 0 Å². The van der Waals surface area contributed by atoms with Gasteiger partial charge in [-0.05, 0) is 55.0 Å². The lowest BCUT2D eigenvalue weighted by Gasteiger charge is -2.05. The molecule has 29 heavy (non-hydrogen) atoms. The molecule has 4 rings (SSSR count). The smallest absolute Gasteiger partial charge is 0.248 e. The Bertz CT molecular complexity index is 1180. The van der Waals surface area contributed by atoms with E-state index in [1.54, 1.807) is 17.7 Å². The summed E-state index contributed by atoms with van der Waals surface area (Å²) in [5, 5.41) is 15.5. The van der Waals surface area contributed by atoms with Crippen molar-refractivity contribution >= 4 is 23.3 Å². The molecule has 0 fully saturated rings. The van der Waals surface area contributed by atoms with Crippen LogP contribution in [0.25, 0.3) is 23.0 Å². The van der Waals surface area contributed by atoms with Crippen LogP contribution < -0.4 is 10.1 Å². The van der Waals surface area contributed by atoms with Crippen molar-refractivity contribution in [3.8, 4) is 17.0 Å². The number of aromatic nitrogens is 4. The Balaban J connectivity index is 1.43. The summed E-state index contributed by atoms with van der Waals surface area (Å²) in [6, 6.07) is 18.8. The van der Waals surface area contributed by atoms with Crippen LogP contribution in [0.4, 0.5) is 5.69 Å². The molecule has 144 valence electrons. The highest BCUT2D eigenvalue weighted by atomic mass is 16.5. The van der Waals surface area contributed by atoms with E-state index in [0.29, 0.717) is 11.3 Å². The largest absolute Gasteiger partial charge is 0.497 e. The molecule has 0 atom stereocenters. The zero-order chi connectivity index (χ0) is 20.2. The summed E-state index contributed by atoms with van der Waals surface area (Å²) in [4.78, 5) is 12.2. The zero-order valence-corrected chi connectivity index (χ0v) is 16.0. The topological polar surface area (TPSA) is 81.4 Å². The van der Waals surface area contributed by atoms with Gasteiger partial charge in [-0.25, -0.2) is 0 Å². The van der Waals surface area contributed by atoms with Crippen LogP contribution in [-0.2, 0) is 4.79 Å². The van der Waals surface area contributed by atoms with E-state index in [9.17, 15) is 4.79 Å². The van der Waals surface area contributed by atoms with Gasteiger partial charge in [0.2, 0.25) is 5.91 Å². The molecule has 0 saturated carbocycles. The van der Waals surface area contributed by atoms with Gasteiger partial charge in [-0.2, -0.15) is 9.61 Å². The third-order valence-corrected chi connectivity index (χ3v) is 4.41. The second-order valence-electron chi connectivity index (χ2n) is 6.41. The number of carbonyl (C=O) groups excluding carboxylic acids is 1. The first-order valence-corrected chi connectivity index (χ1v) is 9.05. The van der Waals surface area contributed by atoms with E-state index in [1.165, 1.54) is 6.08 Å². The number of hydrogen-bond acceptors (Lipinski definition) is 5. The summed E-state index contributed by atoms with van der Waals surface area (Å²) in [6.45, 7) is 1.86. The maximum Gasteiger partial charge on any atom is 0.248 e. The van der Waals surface area contributed by atoms with Crippen molar-refractivity contribution in [1.82, 2.24) is 19.8 Å². The zero-order valence-electron chi connectivity index (χ0n) is 16.0. The van der Waals surface area contributed by atoms with E-state index in [-0.39, 0.29) is 5.91 Å². The van der Waals surface area contributed by atoms with Gasteiger partial charge in [0.05, 0.1) is 12.8 Å². The van der Waals surface area contributed by atoms with E-state index in [2.05, 4.69) is 20.6 Å². The van der Waals surface area contributed by atoms with Crippen molar-refractivity contribution < 1.29 is 9.53 Å². The summed E-state index contributed by atoms with van der Waals surface area (Å²) in [6.07, 6.45) is 3.25. The number of hydrogen-bond donors (Lipinski definition) is 1. The van der Waals surface area contributed by atoms with E-state index in [4.69, 9.17) is 4.74 Å². The molecule has 0 aliphatic heterocycles. The maximum atomic E-state index is 12.2. The Morgan fingerprint density at radius 2 is 1.76 bits per heavy atom. The molecule has 0 saturated heterocycles. The quantitative estimate of drug-likeness (QED) is 0.529. The predicted octanol–water partition coefficient (Wildman–Crippen LogP) is 3.76. The average Bonchev–Trinajstić information content (AvgIpc) is 3.13. The molecule has 0 radical (unpaired) electrons. The number of nitrogens with zero attached hydrogens (tertiary/aromatic N) is 4. The summed E-state index contributed by atoms with van der Waals surface area (Å²) in [7, 11) is 1.62. The van der Waals surface area contributed by atoms with Crippen molar-refractivity contribution in [3.63, 3.8) is 0 Å². The molecule has 2 aromatic carbocycles. The Morgan fingerprint density at radius 3 is 2.48 bits per heavy atom. The molecule has 2 heterocycles. The van der Waals surface area contributed by atoms with Gasteiger partial charge in [0.15, 0.2) is 11.5 Å². The van der Waals surface area contributed by atoms with Crippen LogP contribution in [0.2, 0.25) is 0 Å². The molecule has 0 unspecified atom stereocenters. The van der Waals surface area contributed by atoms with Crippen molar-refractivity contribution in [3.05, 3.63) is 78.1 Å². The minimum absolute atomic E-state index is 0.201. The number of nitrogens with one attached hydrogen (secondary N) is 1. The first-order chi connectivity index (χ1) is 14.1. The Morgan fingerprint density at radius 1 is 1.00 bits per heavy atom. The number of benzene rings is 2. The van der Waals surface area contributed by atoms with Gasteiger partial charge in [-0.3, -0.25) is 4.79 Å². The van der Waals surface area contributed by atoms with Gasteiger partial charge >= 0.3 is 0 Å². The molecular formula is C22H19N5O2. The number of amides is 1. The van der Waals surface area contributed by atoms with Gasteiger partial charge in [-0.1, -0.05) is 24.3 Å². The van der Waals surface area contributed by atoms with E-state index in [0.717, 1.165) is 28.4 Å². The number of ether oxygens (including phenoxy) is 1. The SMILES string of the molecule is COc1ccc(/C=C/C(=O)Nc2ccc(-c3ccc4nnc(C)n4n3)cc2)cc1. The van der Waals surface area contributed by atoms with E-state index in [1.807, 2.05) is 67.6 Å². The third kappa shape index (κ3) is 4.14. The van der Waals surface area contributed by atoms with Gasteiger partial charge in [0.25, 0.3) is 0 Å². The Labute approximate surface area is 167 Å². The molecule has 7 nitrogen and oxygen atoms in total. The second-order valence-corrected chi connectivity index (χ2v) is 6.41.